The third-order valence-corrected chi connectivity index (χ3v) is 2.34. The van der Waals surface area contributed by atoms with Crippen LogP contribution in [0.4, 0.5) is 5.69 Å². The quantitative estimate of drug-likeness (QED) is 0.741. The highest BCUT2D eigenvalue weighted by atomic mass is 16.1. The van der Waals surface area contributed by atoms with Crippen LogP contribution in [0, 0.1) is 0 Å². The summed E-state index contributed by atoms with van der Waals surface area (Å²) in [6.45, 7) is 3.41. The molecular weight excluding hydrogens is 188 g/mol. The molecule has 0 aliphatic heterocycles. The Kier molecular flexibility index (Phi) is 2.29. The summed E-state index contributed by atoms with van der Waals surface area (Å²) in [6.07, 6.45) is 3.25. The maximum Gasteiger partial charge on any atom is 0.247 e. The molecule has 0 saturated heterocycles. The number of hydrogen-bond acceptors (Lipinski definition) is 1. The van der Waals surface area contributed by atoms with Gasteiger partial charge in [0.2, 0.25) is 5.91 Å². The van der Waals surface area contributed by atoms with E-state index in [1.807, 2.05) is 42.1 Å². The van der Waals surface area contributed by atoms with Crippen molar-refractivity contribution < 1.29 is 4.79 Å². The van der Waals surface area contributed by atoms with Crippen molar-refractivity contribution in [1.82, 2.24) is 4.57 Å². The fourth-order valence-electron chi connectivity index (χ4n) is 1.53. The number of rotatable bonds is 2. The first kappa shape index (κ1) is 9.52. The molecule has 0 aliphatic carbocycles. The first-order chi connectivity index (χ1) is 7.20. The van der Waals surface area contributed by atoms with Gasteiger partial charge in [-0.1, -0.05) is 12.6 Å². The number of benzene rings is 1. The highest BCUT2D eigenvalue weighted by Gasteiger charge is 2.01. The number of carbonyl (C=O) groups is 1. The number of nitrogens with one attached hydrogen (secondary N) is 1. The summed E-state index contributed by atoms with van der Waals surface area (Å²) >= 11 is 0. The average Bonchev–Trinajstić information content (AvgIpc) is 2.60. The van der Waals surface area contributed by atoms with Gasteiger partial charge in [-0.2, -0.15) is 0 Å². The molecule has 3 nitrogen and oxygen atoms in total. The summed E-state index contributed by atoms with van der Waals surface area (Å²) in [7, 11) is 1.97. The number of anilines is 1. The Balaban J connectivity index is 2.41. The predicted molar refractivity (Wildman–Crippen MR) is 61.7 cm³/mol. The predicted octanol–water partition coefficient (Wildman–Crippen LogP) is 2.30. The SMILES string of the molecule is C=CC(=O)Nc1ccc2ccn(C)c2c1. The van der Waals surface area contributed by atoms with Crippen LogP contribution in [0.2, 0.25) is 0 Å². The van der Waals surface area contributed by atoms with Crippen molar-refractivity contribution in [3.8, 4) is 0 Å². The van der Waals surface area contributed by atoms with Crippen LogP contribution in [-0.4, -0.2) is 10.5 Å². The molecule has 76 valence electrons. The van der Waals surface area contributed by atoms with E-state index in [9.17, 15) is 4.79 Å². The minimum atomic E-state index is -0.191. The molecule has 0 saturated carbocycles. The minimum Gasteiger partial charge on any atom is -0.350 e. The molecule has 0 bridgehead atoms. The molecule has 1 aromatic carbocycles. The number of amides is 1. The van der Waals surface area contributed by atoms with Gasteiger partial charge in [-0.05, 0) is 29.7 Å². The molecule has 2 aromatic rings. The zero-order chi connectivity index (χ0) is 10.8. The number of carbonyl (C=O) groups excluding carboxylic acids is 1. The molecule has 15 heavy (non-hydrogen) atoms. The molecular formula is C12H12N2O. The van der Waals surface area contributed by atoms with Gasteiger partial charge in [0.1, 0.15) is 0 Å². The second-order valence-electron chi connectivity index (χ2n) is 3.39. The maximum absolute atomic E-state index is 11.1. The minimum absolute atomic E-state index is 0.191. The second kappa shape index (κ2) is 3.61. The largest absolute Gasteiger partial charge is 0.350 e. The van der Waals surface area contributed by atoms with E-state index in [-0.39, 0.29) is 5.91 Å². The number of hydrogen-bond donors (Lipinski definition) is 1. The van der Waals surface area contributed by atoms with Crippen LogP contribution in [0.5, 0.6) is 0 Å². The van der Waals surface area contributed by atoms with E-state index >= 15 is 0 Å². The van der Waals surface area contributed by atoms with Crippen molar-refractivity contribution in [2.24, 2.45) is 7.05 Å². The monoisotopic (exact) mass is 200 g/mol. The lowest BCUT2D eigenvalue weighted by Crippen LogP contribution is -2.07. The molecule has 2 rings (SSSR count). The van der Waals surface area contributed by atoms with Gasteiger partial charge in [0.05, 0.1) is 0 Å². The van der Waals surface area contributed by atoms with Gasteiger partial charge >= 0.3 is 0 Å². The average molecular weight is 200 g/mol. The zero-order valence-electron chi connectivity index (χ0n) is 8.53. The molecule has 0 aliphatic rings. The second-order valence-corrected chi connectivity index (χ2v) is 3.39. The topological polar surface area (TPSA) is 34.0 Å². The summed E-state index contributed by atoms with van der Waals surface area (Å²) in [5, 5.41) is 3.89. The van der Waals surface area contributed by atoms with Gasteiger partial charge in [-0.15, -0.1) is 0 Å². The molecule has 1 heterocycles. The van der Waals surface area contributed by atoms with Crippen molar-refractivity contribution in [3.05, 3.63) is 43.1 Å². The van der Waals surface area contributed by atoms with E-state index < -0.39 is 0 Å². The Bertz CT molecular complexity index is 525. The Labute approximate surface area is 88.0 Å². The summed E-state index contributed by atoms with van der Waals surface area (Å²) in [6, 6.07) is 7.84. The third kappa shape index (κ3) is 1.76. The van der Waals surface area contributed by atoms with Crippen molar-refractivity contribution in [3.63, 3.8) is 0 Å². The third-order valence-electron chi connectivity index (χ3n) is 2.34. The standard InChI is InChI=1S/C12H12N2O/c1-3-12(15)13-10-5-4-9-6-7-14(2)11(9)8-10/h3-8H,1H2,2H3,(H,13,15). The summed E-state index contributed by atoms with van der Waals surface area (Å²) in [4.78, 5) is 11.1. The smallest absolute Gasteiger partial charge is 0.247 e. The van der Waals surface area contributed by atoms with E-state index in [2.05, 4.69) is 11.9 Å². The summed E-state index contributed by atoms with van der Waals surface area (Å²) in [5.74, 6) is -0.191. The van der Waals surface area contributed by atoms with Crippen LogP contribution in [-0.2, 0) is 11.8 Å². The molecule has 0 unspecified atom stereocenters. The Morgan fingerprint density at radius 2 is 2.27 bits per heavy atom. The summed E-state index contributed by atoms with van der Waals surface area (Å²) < 4.78 is 2.01. The number of aryl methyl sites for hydroxylation is 1. The fraction of sp³-hybridized carbons (Fsp3) is 0.0833. The van der Waals surface area contributed by atoms with Gasteiger partial charge in [-0.3, -0.25) is 4.79 Å². The molecule has 0 atom stereocenters. The van der Waals surface area contributed by atoms with E-state index in [0.29, 0.717) is 0 Å². The molecule has 1 amide bonds. The molecule has 1 N–H and O–H groups in total. The van der Waals surface area contributed by atoms with Gasteiger partial charge < -0.3 is 9.88 Å². The molecule has 0 radical (unpaired) electrons. The van der Waals surface area contributed by atoms with Gasteiger partial charge in [-0.25, -0.2) is 0 Å². The first-order valence-corrected chi connectivity index (χ1v) is 4.69. The van der Waals surface area contributed by atoms with Gasteiger partial charge in [0, 0.05) is 24.4 Å². The van der Waals surface area contributed by atoms with Crippen LogP contribution in [0.3, 0.4) is 0 Å². The van der Waals surface area contributed by atoms with Gasteiger partial charge in [0.15, 0.2) is 0 Å². The van der Waals surface area contributed by atoms with Crippen LogP contribution in [0.25, 0.3) is 10.9 Å². The van der Waals surface area contributed by atoms with Crippen molar-refractivity contribution in [1.29, 1.82) is 0 Å². The van der Waals surface area contributed by atoms with Crippen LogP contribution >= 0.6 is 0 Å². The van der Waals surface area contributed by atoms with E-state index in [4.69, 9.17) is 0 Å². The Morgan fingerprint density at radius 3 is 3.00 bits per heavy atom. The van der Waals surface area contributed by atoms with E-state index in [0.717, 1.165) is 16.6 Å². The lowest BCUT2D eigenvalue weighted by atomic mass is 10.2. The lowest BCUT2D eigenvalue weighted by molar-refractivity contribution is -0.111. The normalized spacial score (nSPS) is 10.2. The fourth-order valence-corrected chi connectivity index (χ4v) is 1.53. The number of fused-ring (bicyclic) bond motifs is 1. The highest BCUT2D eigenvalue weighted by Crippen LogP contribution is 2.19. The lowest BCUT2D eigenvalue weighted by Gasteiger charge is -2.03. The number of aromatic nitrogens is 1. The first-order valence-electron chi connectivity index (χ1n) is 4.69. The Morgan fingerprint density at radius 1 is 1.47 bits per heavy atom. The molecule has 3 heteroatoms. The van der Waals surface area contributed by atoms with Crippen LogP contribution in [0.15, 0.2) is 43.1 Å². The molecule has 1 aromatic heterocycles. The molecule has 0 fully saturated rings. The van der Waals surface area contributed by atoms with Crippen LogP contribution in [0.1, 0.15) is 0 Å². The number of nitrogens with zero attached hydrogens (tertiary/aromatic N) is 1. The van der Waals surface area contributed by atoms with Crippen LogP contribution < -0.4 is 5.32 Å². The molecule has 0 spiro atoms. The van der Waals surface area contributed by atoms with E-state index in [1.54, 1.807) is 0 Å². The Hall–Kier alpha value is -2.03. The maximum atomic E-state index is 11.1. The van der Waals surface area contributed by atoms with Gasteiger partial charge in [0.25, 0.3) is 0 Å². The zero-order valence-corrected chi connectivity index (χ0v) is 8.53. The van der Waals surface area contributed by atoms with Crippen molar-refractivity contribution in [2.75, 3.05) is 5.32 Å². The van der Waals surface area contributed by atoms with Crippen molar-refractivity contribution >= 4 is 22.5 Å². The highest BCUT2D eigenvalue weighted by molar-refractivity contribution is 6.00. The van der Waals surface area contributed by atoms with Crippen molar-refractivity contribution in [2.45, 2.75) is 0 Å². The summed E-state index contributed by atoms with van der Waals surface area (Å²) in [5.41, 5.74) is 1.88. The van der Waals surface area contributed by atoms with E-state index in [1.165, 1.54) is 6.08 Å².